The number of ether oxygens (including phenoxy) is 2. The van der Waals surface area contributed by atoms with Crippen LogP contribution in [0.1, 0.15) is 24.6 Å². The molecule has 1 aliphatic carbocycles. The van der Waals surface area contributed by atoms with Crippen LogP contribution in [0.4, 0.5) is 5.82 Å². The Morgan fingerprint density at radius 1 is 1.00 bits per heavy atom. The zero-order chi connectivity index (χ0) is 14.1. The summed E-state index contributed by atoms with van der Waals surface area (Å²) < 4.78 is 10.6. The van der Waals surface area contributed by atoms with Crippen LogP contribution in [0.2, 0.25) is 0 Å². The molecule has 0 amide bonds. The lowest BCUT2D eigenvalue weighted by Gasteiger charge is -2.09. The standard InChI is InChI=1S/C15H17N3O2/c1-19-11-5-10(6-12(7-11)20-2)13-8-14(16)18-15(17-13)9-3-4-9/h5-9H,3-4H2,1-2H3,(H2,16,17,18). The number of rotatable bonds is 4. The van der Waals surface area contributed by atoms with Gasteiger partial charge < -0.3 is 15.2 Å². The molecular weight excluding hydrogens is 254 g/mol. The smallest absolute Gasteiger partial charge is 0.134 e. The lowest BCUT2D eigenvalue weighted by atomic mass is 10.1. The number of hydrogen-bond acceptors (Lipinski definition) is 5. The van der Waals surface area contributed by atoms with Crippen molar-refractivity contribution in [2.24, 2.45) is 0 Å². The van der Waals surface area contributed by atoms with E-state index in [0.29, 0.717) is 11.7 Å². The highest BCUT2D eigenvalue weighted by atomic mass is 16.5. The van der Waals surface area contributed by atoms with Crippen LogP contribution < -0.4 is 15.2 Å². The molecule has 20 heavy (non-hydrogen) atoms. The Morgan fingerprint density at radius 2 is 1.65 bits per heavy atom. The second-order valence-electron chi connectivity index (χ2n) is 4.91. The fourth-order valence-corrected chi connectivity index (χ4v) is 2.11. The first kappa shape index (κ1) is 12.7. The number of hydrogen-bond donors (Lipinski definition) is 1. The van der Waals surface area contributed by atoms with E-state index in [1.165, 1.54) is 0 Å². The fraction of sp³-hybridized carbons (Fsp3) is 0.333. The minimum absolute atomic E-state index is 0.463. The Balaban J connectivity index is 2.07. The van der Waals surface area contributed by atoms with Gasteiger partial charge in [0.05, 0.1) is 19.9 Å². The predicted molar refractivity (Wildman–Crippen MR) is 77.0 cm³/mol. The third-order valence-corrected chi connectivity index (χ3v) is 3.35. The molecule has 0 radical (unpaired) electrons. The number of aromatic nitrogens is 2. The molecule has 0 aliphatic heterocycles. The summed E-state index contributed by atoms with van der Waals surface area (Å²) in [7, 11) is 3.25. The Hall–Kier alpha value is -2.30. The van der Waals surface area contributed by atoms with Gasteiger partial charge in [-0.3, -0.25) is 0 Å². The minimum Gasteiger partial charge on any atom is -0.497 e. The first-order valence-electron chi connectivity index (χ1n) is 6.57. The molecule has 2 aromatic rings. The van der Waals surface area contributed by atoms with Gasteiger partial charge in [0.1, 0.15) is 23.1 Å². The van der Waals surface area contributed by atoms with Crippen LogP contribution in [0.5, 0.6) is 11.5 Å². The van der Waals surface area contributed by atoms with Gasteiger partial charge in [0.2, 0.25) is 0 Å². The van der Waals surface area contributed by atoms with Gasteiger partial charge in [0.25, 0.3) is 0 Å². The van der Waals surface area contributed by atoms with Gasteiger partial charge >= 0.3 is 0 Å². The van der Waals surface area contributed by atoms with Crippen LogP contribution in [0.3, 0.4) is 0 Å². The van der Waals surface area contributed by atoms with Crippen molar-refractivity contribution in [1.29, 1.82) is 0 Å². The molecule has 5 heteroatoms. The highest BCUT2D eigenvalue weighted by molar-refractivity contribution is 5.66. The van der Waals surface area contributed by atoms with Crippen molar-refractivity contribution in [2.45, 2.75) is 18.8 Å². The number of benzene rings is 1. The maximum atomic E-state index is 5.89. The molecule has 1 aromatic carbocycles. The maximum absolute atomic E-state index is 5.89. The van der Waals surface area contributed by atoms with Crippen molar-refractivity contribution in [3.05, 3.63) is 30.1 Å². The Labute approximate surface area is 117 Å². The average Bonchev–Trinajstić information content (AvgIpc) is 3.30. The zero-order valence-electron chi connectivity index (χ0n) is 11.6. The molecule has 0 unspecified atom stereocenters. The van der Waals surface area contributed by atoms with E-state index < -0.39 is 0 Å². The normalized spacial score (nSPS) is 14.1. The highest BCUT2D eigenvalue weighted by Crippen LogP contribution is 2.39. The second kappa shape index (κ2) is 5.00. The third kappa shape index (κ3) is 2.52. The molecular formula is C15H17N3O2. The van der Waals surface area contributed by atoms with E-state index >= 15 is 0 Å². The van der Waals surface area contributed by atoms with Crippen molar-refractivity contribution < 1.29 is 9.47 Å². The van der Waals surface area contributed by atoms with E-state index in [1.807, 2.05) is 18.2 Å². The van der Waals surface area contributed by atoms with Gasteiger partial charge in [-0.1, -0.05) is 0 Å². The SMILES string of the molecule is COc1cc(OC)cc(-c2cc(N)nc(C3CC3)n2)c1. The van der Waals surface area contributed by atoms with E-state index in [4.69, 9.17) is 15.2 Å². The summed E-state index contributed by atoms with van der Waals surface area (Å²) in [6, 6.07) is 7.44. The lowest BCUT2D eigenvalue weighted by Crippen LogP contribution is -2.00. The molecule has 5 nitrogen and oxygen atoms in total. The number of nitrogens with zero attached hydrogens (tertiary/aromatic N) is 2. The van der Waals surface area contributed by atoms with Crippen LogP contribution in [-0.2, 0) is 0 Å². The average molecular weight is 271 g/mol. The van der Waals surface area contributed by atoms with Gasteiger partial charge in [0, 0.05) is 23.6 Å². The van der Waals surface area contributed by atoms with Crippen molar-refractivity contribution in [2.75, 3.05) is 20.0 Å². The molecule has 0 atom stereocenters. The van der Waals surface area contributed by atoms with Gasteiger partial charge in [-0.15, -0.1) is 0 Å². The summed E-state index contributed by atoms with van der Waals surface area (Å²) in [5.74, 6) is 3.25. The fourth-order valence-electron chi connectivity index (χ4n) is 2.11. The van der Waals surface area contributed by atoms with Crippen molar-refractivity contribution in [1.82, 2.24) is 9.97 Å². The molecule has 3 rings (SSSR count). The van der Waals surface area contributed by atoms with Crippen LogP contribution in [0, 0.1) is 0 Å². The van der Waals surface area contributed by atoms with Gasteiger partial charge in [-0.25, -0.2) is 9.97 Å². The number of anilines is 1. The van der Waals surface area contributed by atoms with E-state index in [-0.39, 0.29) is 0 Å². The molecule has 1 heterocycles. The molecule has 1 aliphatic rings. The molecule has 2 N–H and O–H groups in total. The van der Waals surface area contributed by atoms with E-state index in [1.54, 1.807) is 20.3 Å². The lowest BCUT2D eigenvalue weighted by molar-refractivity contribution is 0.394. The molecule has 0 bridgehead atoms. The van der Waals surface area contributed by atoms with Crippen molar-refractivity contribution in [3.8, 4) is 22.8 Å². The number of methoxy groups -OCH3 is 2. The van der Waals surface area contributed by atoms with Crippen LogP contribution in [0.15, 0.2) is 24.3 Å². The quantitative estimate of drug-likeness (QED) is 0.925. The Bertz CT molecular complexity index is 617. The molecule has 1 fully saturated rings. The maximum Gasteiger partial charge on any atom is 0.134 e. The second-order valence-corrected chi connectivity index (χ2v) is 4.91. The zero-order valence-corrected chi connectivity index (χ0v) is 11.6. The Kier molecular flexibility index (Phi) is 3.18. The molecule has 1 saturated carbocycles. The van der Waals surface area contributed by atoms with E-state index in [0.717, 1.165) is 41.4 Å². The largest absolute Gasteiger partial charge is 0.497 e. The summed E-state index contributed by atoms with van der Waals surface area (Å²) in [6.45, 7) is 0. The summed E-state index contributed by atoms with van der Waals surface area (Å²) in [5.41, 5.74) is 7.61. The van der Waals surface area contributed by atoms with Crippen molar-refractivity contribution in [3.63, 3.8) is 0 Å². The van der Waals surface area contributed by atoms with Crippen LogP contribution in [-0.4, -0.2) is 24.2 Å². The highest BCUT2D eigenvalue weighted by Gasteiger charge is 2.27. The van der Waals surface area contributed by atoms with Gasteiger partial charge in [-0.05, 0) is 25.0 Å². The number of nitrogen functional groups attached to an aromatic ring is 1. The van der Waals surface area contributed by atoms with E-state index in [2.05, 4.69) is 9.97 Å². The summed E-state index contributed by atoms with van der Waals surface area (Å²) >= 11 is 0. The van der Waals surface area contributed by atoms with E-state index in [9.17, 15) is 0 Å². The summed E-state index contributed by atoms with van der Waals surface area (Å²) in [5, 5.41) is 0. The summed E-state index contributed by atoms with van der Waals surface area (Å²) in [4.78, 5) is 8.93. The molecule has 0 saturated heterocycles. The molecule has 1 aromatic heterocycles. The first-order chi connectivity index (χ1) is 9.69. The monoisotopic (exact) mass is 271 g/mol. The summed E-state index contributed by atoms with van der Waals surface area (Å²) in [6.07, 6.45) is 2.29. The topological polar surface area (TPSA) is 70.3 Å². The molecule has 0 spiro atoms. The van der Waals surface area contributed by atoms with Gasteiger partial charge in [0.15, 0.2) is 0 Å². The first-order valence-corrected chi connectivity index (χ1v) is 6.57. The Morgan fingerprint density at radius 3 is 2.20 bits per heavy atom. The van der Waals surface area contributed by atoms with Crippen LogP contribution in [0.25, 0.3) is 11.3 Å². The number of nitrogens with two attached hydrogens (primary N) is 1. The van der Waals surface area contributed by atoms with Gasteiger partial charge in [-0.2, -0.15) is 0 Å². The molecule has 104 valence electrons. The van der Waals surface area contributed by atoms with Crippen LogP contribution >= 0.6 is 0 Å². The minimum atomic E-state index is 0.463. The predicted octanol–water partition coefficient (Wildman–Crippen LogP) is 2.62. The van der Waals surface area contributed by atoms with Crippen molar-refractivity contribution >= 4 is 5.82 Å². The third-order valence-electron chi connectivity index (χ3n) is 3.35.